The number of ether oxygens (including phenoxy) is 2. The molecule has 3 aromatic rings. The van der Waals surface area contributed by atoms with E-state index < -0.39 is 39.0 Å². The van der Waals surface area contributed by atoms with Crippen molar-refractivity contribution in [3.63, 3.8) is 0 Å². The summed E-state index contributed by atoms with van der Waals surface area (Å²) < 4.78 is 51.2. The lowest BCUT2D eigenvalue weighted by atomic mass is 10.0. The van der Waals surface area contributed by atoms with Crippen LogP contribution in [0.5, 0.6) is 0 Å². The number of piperidine rings is 1. The molecule has 2 fully saturated rings. The third-order valence-corrected chi connectivity index (χ3v) is 8.19. The maximum absolute atomic E-state index is 15.1. The highest BCUT2D eigenvalue weighted by molar-refractivity contribution is 7.90. The van der Waals surface area contributed by atoms with Crippen molar-refractivity contribution in [2.45, 2.75) is 82.8 Å². The zero-order valence-corrected chi connectivity index (χ0v) is 25.8. The van der Waals surface area contributed by atoms with Gasteiger partial charge in [-0.3, -0.25) is 4.90 Å². The van der Waals surface area contributed by atoms with E-state index in [2.05, 4.69) is 20.3 Å². The van der Waals surface area contributed by atoms with Crippen LogP contribution in [0.4, 0.5) is 25.5 Å². The Morgan fingerprint density at radius 3 is 2.33 bits per heavy atom. The molecule has 1 aromatic carbocycles. The minimum absolute atomic E-state index is 0.0529. The summed E-state index contributed by atoms with van der Waals surface area (Å²) in [6.45, 7) is 11.1. The molecule has 0 spiro atoms. The van der Waals surface area contributed by atoms with Gasteiger partial charge < -0.3 is 24.7 Å². The summed E-state index contributed by atoms with van der Waals surface area (Å²) in [6.07, 6.45) is 1.22. The van der Waals surface area contributed by atoms with Crippen LogP contribution < -0.4 is 15.1 Å². The molecule has 3 atom stereocenters. The number of aromatic nitrogens is 3. The number of H-pyrrole nitrogens is 1. The molecular formula is C28H37FN6O6S. The molecule has 2 amide bonds. The number of fused-ring (bicyclic) bond motifs is 5. The van der Waals surface area contributed by atoms with E-state index in [1.807, 2.05) is 4.90 Å². The summed E-state index contributed by atoms with van der Waals surface area (Å²) in [5, 5.41) is 3.44. The first-order valence-electron chi connectivity index (χ1n) is 13.8. The quantitative estimate of drug-likeness (QED) is 0.410. The molecule has 228 valence electrons. The Morgan fingerprint density at radius 2 is 1.76 bits per heavy atom. The maximum atomic E-state index is 15.1. The normalized spacial score (nSPS) is 20.8. The van der Waals surface area contributed by atoms with Gasteiger partial charge in [0.2, 0.25) is 9.84 Å². The number of nitrogens with zero attached hydrogens (tertiary/aromatic N) is 4. The fraction of sp³-hybridized carbons (Fsp3) is 0.571. The van der Waals surface area contributed by atoms with E-state index in [-0.39, 0.29) is 34.5 Å². The van der Waals surface area contributed by atoms with Gasteiger partial charge in [-0.25, -0.2) is 27.4 Å². The fourth-order valence-electron chi connectivity index (χ4n) is 5.72. The molecule has 1 aliphatic carbocycles. The van der Waals surface area contributed by atoms with Crippen molar-refractivity contribution in [2.75, 3.05) is 29.6 Å². The van der Waals surface area contributed by atoms with Gasteiger partial charge in [-0.1, -0.05) is 0 Å². The predicted octanol–water partition coefficient (Wildman–Crippen LogP) is 4.52. The highest BCUT2D eigenvalue weighted by Crippen LogP contribution is 2.44. The van der Waals surface area contributed by atoms with Gasteiger partial charge in [0.25, 0.3) is 5.16 Å². The van der Waals surface area contributed by atoms with Gasteiger partial charge in [-0.15, -0.1) is 0 Å². The molecule has 14 heteroatoms. The summed E-state index contributed by atoms with van der Waals surface area (Å²) in [5.74, 6) is -0.173. The number of aromatic amines is 1. The first kappa shape index (κ1) is 29.8. The molecule has 42 heavy (non-hydrogen) atoms. The standard InChI is InChI=1S/C28H37FN6O6S/c1-27(2,3)40-25(36)30-18-12-16-9-14(18)13-35(16)23-20-17-10-15(29)11-19(34(7)26(37)41-28(4,5)6)21(17)31-22(20)32-24(33-23)42(8,38)39/h10-11,14,16,18H,9,12-13H2,1-8H3,(H,30,36)(H,31,32,33)/t14-,16?,18-/m1/s1. The molecule has 3 heterocycles. The summed E-state index contributed by atoms with van der Waals surface area (Å²) in [6, 6.07) is 2.36. The molecule has 1 saturated heterocycles. The number of rotatable bonds is 4. The lowest BCUT2D eigenvalue weighted by molar-refractivity contribution is 0.0490. The van der Waals surface area contributed by atoms with Crippen molar-refractivity contribution >= 4 is 55.5 Å². The fourth-order valence-corrected chi connectivity index (χ4v) is 6.23. The lowest BCUT2D eigenvalue weighted by Crippen LogP contribution is -2.47. The Labute approximate surface area is 243 Å². The second kappa shape index (κ2) is 9.96. The largest absolute Gasteiger partial charge is 0.444 e. The number of nitrogens with one attached hydrogen (secondary N) is 2. The number of anilines is 2. The minimum Gasteiger partial charge on any atom is -0.444 e. The Bertz CT molecular complexity index is 1690. The predicted molar refractivity (Wildman–Crippen MR) is 156 cm³/mol. The number of carbonyl (C=O) groups excluding carboxylic acids is 2. The van der Waals surface area contributed by atoms with Gasteiger partial charge in [-0.2, -0.15) is 4.98 Å². The number of hydrogen-bond acceptors (Lipinski definition) is 9. The van der Waals surface area contributed by atoms with Crippen LogP contribution in [0, 0.1) is 11.7 Å². The smallest absolute Gasteiger partial charge is 0.414 e. The molecule has 0 radical (unpaired) electrons. The number of carbonyl (C=O) groups is 2. The topological polar surface area (TPSA) is 147 Å². The van der Waals surface area contributed by atoms with Crippen molar-refractivity contribution < 1.29 is 31.9 Å². The Hall–Kier alpha value is -3.68. The van der Waals surface area contributed by atoms with Crippen LogP contribution in [0.3, 0.4) is 0 Å². The SMILES string of the molecule is CN(C(=O)OC(C)(C)C)c1cc(F)cc2c1[nH]c1nc(S(C)(=O)=O)nc(N3C[C@H]4CC3C[C@H]4NC(=O)OC(C)(C)C)c12. The minimum atomic E-state index is -3.81. The molecule has 1 saturated carbocycles. The number of benzene rings is 1. The van der Waals surface area contributed by atoms with Crippen LogP contribution in [0.15, 0.2) is 17.3 Å². The van der Waals surface area contributed by atoms with E-state index in [4.69, 9.17) is 9.47 Å². The molecule has 5 rings (SSSR count). The highest BCUT2D eigenvalue weighted by Gasteiger charge is 2.47. The average molecular weight is 605 g/mol. The van der Waals surface area contributed by atoms with Crippen LogP contribution in [-0.4, -0.2) is 78.7 Å². The zero-order chi connectivity index (χ0) is 30.9. The summed E-state index contributed by atoms with van der Waals surface area (Å²) in [4.78, 5) is 40.4. The molecule has 1 aliphatic heterocycles. The van der Waals surface area contributed by atoms with Gasteiger partial charge >= 0.3 is 12.2 Å². The molecule has 12 nitrogen and oxygen atoms in total. The monoisotopic (exact) mass is 604 g/mol. The molecule has 2 aliphatic rings. The lowest BCUT2D eigenvalue weighted by Gasteiger charge is -2.33. The van der Waals surface area contributed by atoms with Crippen LogP contribution in [0.2, 0.25) is 0 Å². The number of hydrogen-bond donors (Lipinski definition) is 2. The molecule has 2 N–H and O–H groups in total. The third kappa shape index (κ3) is 5.81. The van der Waals surface area contributed by atoms with Crippen molar-refractivity contribution in [3.05, 3.63) is 17.9 Å². The second-order valence-corrected chi connectivity index (χ2v) is 15.0. The van der Waals surface area contributed by atoms with E-state index in [0.29, 0.717) is 35.1 Å². The Kier molecular flexibility index (Phi) is 7.06. The Balaban J connectivity index is 1.57. The summed E-state index contributed by atoms with van der Waals surface area (Å²) >= 11 is 0. The maximum Gasteiger partial charge on any atom is 0.414 e. The van der Waals surface area contributed by atoms with Crippen molar-refractivity contribution in [1.29, 1.82) is 0 Å². The Morgan fingerprint density at radius 1 is 1.10 bits per heavy atom. The number of alkyl carbamates (subject to hydrolysis) is 1. The number of halogens is 1. The van der Waals surface area contributed by atoms with E-state index in [0.717, 1.165) is 12.7 Å². The first-order chi connectivity index (χ1) is 19.3. The highest BCUT2D eigenvalue weighted by atomic mass is 32.2. The van der Waals surface area contributed by atoms with Crippen molar-refractivity contribution in [1.82, 2.24) is 20.3 Å². The van der Waals surface area contributed by atoms with Crippen molar-refractivity contribution in [3.8, 4) is 0 Å². The number of sulfone groups is 1. The second-order valence-electron chi connectivity index (χ2n) is 13.1. The summed E-state index contributed by atoms with van der Waals surface area (Å²) in [5.41, 5.74) is -0.606. The molecule has 2 bridgehead atoms. The van der Waals surface area contributed by atoms with E-state index in [9.17, 15) is 18.0 Å². The zero-order valence-electron chi connectivity index (χ0n) is 25.0. The van der Waals surface area contributed by atoms with E-state index in [1.54, 1.807) is 41.5 Å². The van der Waals surface area contributed by atoms with Crippen LogP contribution >= 0.6 is 0 Å². The molecule has 1 unspecified atom stereocenters. The van der Waals surface area contributed by atoms with E-state index >= 15 is 4.39 Å². The molecule has 2 aromatic heterocycles. The van der Waals surface area contributed by atoms with Crippen LogP contribution in [-0.2, 0) is 19.3 Å². The molecular weight excluding hydrogens is 567 g/mol. The van der Waals surface area contributed by atoms with Gasteiger partial charge in [0, 0.05) is 37.3 Å². The van der Waals surface area contributed by atoms with Crippen LogP contribution in [0.25, 0.3) is 21.9 Å². The van der Waals surface area contributed by atoms with Gasteiger partial charge in [-0.05, 0) is 72.4 Å². The van der Waals surface area contributed by atoms with Crippen molar-refractivity contribution in [2.24, 2.45) is 5.92 Å². The third-order valence-electron chi connectivity index (χ3n) is 7.34. The first-order valence-corrected chi connectivity index (χ1v) is 15.7. The van der Waals surface area contributed by atoms with E-state index in [1.165, 1.54) is 24.1 Å². The number of amides is 2. The van der Waals surface area contributed by atoms with Gasteiger partial charge in [0.15, 0.2) is 0 Å². The average Bonchev–Trinajstić information content (AvgIpc) is 3.52. The van der Waals surface area contributed by atoms with Gasteiger partial charge in [0.05, 0.1) is 16.6 Å². The van der Waals surface area contributed by atoms with Crippen LogP contribution in [0.1, 0.15) is 54.4 Å². The summed E-state index contributed by atoms with van der Waals surface area (Å²) in [7, 11) is -2.34. The van der Waals surface area contributed by atoms with Gasteiger partial charge in [0.1, 0.15) is 28.5 Å².